The van der Waals surface area contributed by atoms with Gasteiger partial charge in [-0.05, 0) is 23.8 Å². The molecule has 1 aromatic heterocycles. The van der Waals surface area contributed by atoms with Gasteiger partial charge in [0, 0.05) is 18.9 Å². The fourth-order valence-corrected chi connectivity index (χ4v) is 2.03. The van der Waals surface area contributed by atoms with Crippen molar-refractivity contribution in [2.75, 3.05) is 11.9 Å². The van der Waals surface area contributed by atoms with E-state index in [0.29, 0.717) is 13.1 Å². The van der Waals surface area contributed by atoms with Gasteiger partial charge in [-0.15, -0.1) is 0 Å². The van der Waals surface area contributed by atoms with Crippen molar-refractivity contribution in [1.29, 1.82) is 0 Å². The zero-order valence-corrected chi connectivity index (χ0v) is 10.3. The number of amides is 1. The van der Waals surface area contributed by atoms with E-state index in [1.807, 2.05) is 42.7 Å². The number of fused-ring (bicyclic) bond motifs is 1. The Bertz CT molecular complexity index is 566. The van der Waals surface area contributed by atoms with Crippen molar-refractivity contribution in [2.45, 2.75) is 12.6 Å². The van der Waals surface area contributed by atoms with Crippen molar-refractivity contribution in [1.82, 2.24) is 10.3 Å². The molecule has 1 aliphatic rings. The van der Waals surface area contributed by atoms with Crippen molar-refractivity contribution in [2.24, 2.45) is 0 Å². The number of hydrogen-bond donors (Lipinski definition) is 3. The highest BCUT2D eigenvalue weighted by Gasteiger charge is 2.25. The summed E-state index contributed by atoms with van der Waals surface area (Å²) in [6, 6.07) is 9.54. The molecule has 0 saturated carbocycles. The molecule has 0 radical (unpaired) electrons. The Hall–Kier alpha value is -2.43. The first-order valence-corrected chi connectivity index (χ1v) is 6.22. The van der Waals surface area contributed by atoms with Crippen molar-refractivity contribution < 1.29 is 9.53 Å². The lowest BCUT2D eigenvalue weighted by molar-refractivity contribution is -0.127. The van der Waals surface area contributed by atoms with E-state index in [9.17, 15) is 4.79 Å². The lowest BCUT2D eigenvalue weighted by Crippen LogP contribution is -2.44. The van der Waals surface area contributed by atoms with E-state index in [1.54, 1.807) is 0 Å². The number of hydrogen-bond acceptors (Lipinski definition) is 3. The molecule has 98 valence electrons. The van der Waals surface area contributed by atoms with Crippen LogP contribution in [0.1, 0.15) is 5.56 Å². The number of ether oxygens (including phenoxy) is 1. The summed E-state index contributed by atoms with van der Waals surface area (Å²) in [7, 11) is 0. The van der Waals surface area contributed by atoms with Crippen LogP contribution in [0.15, 0.2) is 42.7 Å². The molecule has 1 atom stereocenters. The average molecular weight is 257 g/mol. The van der Waals surface area contributed by atoms with Crippen LogP contribution in [0.5, 0.6) is 5.75 Å². The molecule has 3 N–H and O–H groups in total. The first-order chi connectivity index (χ1) is 9.33. The number of carbonyl (C=O) groups is 1. The van der Waals surface area contributed by atoms with Gasteiger partial charge < -0.3 is 20.4 Å². The Morgan fingerprint density at radius 2 is 2.26 bits per heavy atom. The monoisotopic (exact) mass is 257 g/mol. The zero-order valence-electron chi connectivity index (χ0n) is 10.3. The van der Waals surface area contributed by atoms with Crippen LogP contribution in [0.3, 0.4) is 0 Å². The van der Waals surface area contributed by atoms with E-state index in [0.717, 1.165) is 17.0 Å². The SMILES string of the molecule is O=C(NCc1cc[nH]c1)C1CNc2ccccc2O1. The summed E-state index contributed by atoms with van der Waals surface area (Å²) < 4.78 is 5.68. The van der Waals surface area contributed by atoms with Crippen molar-refractivity contribution >= 4 is 11.6 Å². The van der Waals surface area contributed by atoms with E-state index in [-0.39, 0.29) is 5.91 Å². The highest BCUT2D eigenvalue weighted by Crippen LogP contribution is 2.28. The zero-order chi connectivity index (χ0) is 13.1. The quantitative estimate of drug-likeness (QED) is 0.780. The maximum atomic E-state index is 12.0. The van der Waals surface area contributed by atoms with Gasteiger partial charge in [0.2, 0.25) is 0 Å². The molecule has 19 heavy (non-hydrogen) atoms. The highest BCUT2D eigenvalue weighted by molar-refractivity contribution is 5.83. The Kier molecular flexibility index (Phi) is 3.10. The lowest BCUT2D eigenvalue weighted by Gasteiger charge is -2.26. The predicted octanol–water partition coefficient (Wildman–Crippen LogP) is 1.50. The number of para-hydroxylation sites is 2. The summed E-state index contributed by atoms with van der Waals surface area (Å²) in [6.07, 6.45) is 3.19. The molecule has 2 heterocycles. The van der Waals surface area contributed by atoms with Gasteiger partial charge >= 0.3 is 0 Å². The molecule has 5 heteroatoms. The van der Waals surface area contributed by atoms with Crippen LogP contribution in [-0.2, 0) is 11.3 Å². The first-order valence-electron chi connectivity index (χ1n) is 6.22. The second kappa shape index (κ2) is 5.06. The van der Waals surface area contributed by atoms with Crippen LogP contribution in [0, 0.1) is 0 Å². The van der Waals surface area contributed by atoms with Gasteiger partial charge in [-0.3, -0.25) is 4.79 Å². The maximum absolute atomic E-state index is 12.0. The number of aromatic nitrogens is 1. The fraction of sp³-hybridized carbons (Fsp3) is 0.214. The molecule has 1 unspecified atom stereocenters. The number of aromatic amines is 1. The van der Waals surface area contributed by atoms with E-state index in [4.69, 9.17) is 4.74 Å². The van der Waals surface area contributed by atoms with Gasteiger partial charge in [0.1, 0.15) is 5.75 Å². The minimum absolute atomic E-state index is 0.108. The molecule has 2 aromatic rings. The van der Waals surface area contributed by atoms with Crippen LogP contribution >= 0.6 is 0 Å². The number of rotatable bonds is 3. The van der Waals surface area contributed by atoms with Crippen LogP contribution < -0.4 is 15.4 Å². The number of nitrogens with one attached hydrogen (secondary N) is 3. The summed E-state index contributed by atoms with van der Waals surface area (Å²) in [5, 5.41) is 6.06. The molecule has 1 amide bonds. The van der Waals surface area contributed by atoms with Gasteiger partial charge in [-0.2, -0.15) is 0 Å². The van der Waals surface area contributed by atoms with E-state index >= 15 is 0 Å². The Morgan fingerprint density at radius 1 is 1.37 bits per heavy atom. The normalized spacial score (nSPS) is 16.9. The number of carbonyl (C=O) groups excluding carboxylic acids is 1. The van der Waals surface area contributed by atoms with Gasteiger partial charge in [0.25, 0.3) is 5.91 Å². The first kappa shape index (κ1) is 11.6. The largest absolute Gasteiger partial charge is 0.477 e. The van der Waals surface area contributed by atoms with Crippen molar-refractivity contribution in [3.63, 3.8) is 0 Å². The summed E-state index contributed by atoms with van der Waals surface area (Å²) in [6.45, 7) is 0.986. The van der Waals surface area contributed by atoms with Crippen molar-refractivity contribution in [3.8, 4) is 5.75 Å². The van der Waals surface area contributed by atoms with Crippen LogP contribution in [0.2, 0.25) is 0 Å². The Balaban J connectivity index is 1.60. The minimum Gasteiger partial charge on any atom is -0.477 e. The molecular formula is C14H15N3O2. The summed E-state index contributed by atoms with van der Waals surface area (Å²) in [4.78, 5) is 15.0. The lowest BCUT2D eigenvalue weighted by atomic mass is 10.2. The van der Waals surface area contributed by atoms with Gasteiger partial charge in [0.05, 0.1) is 12.2 Å². The molecule has 0 saturated heterocycles. The van der Waals surface area contributed by atoms with Crippen molar-refractivity contribution in [3.05, 3.63) is 48.3 Å². The fourth-order valence-electron chi connectivity index (χ4n) is 2.03. The molecule has 5 nitrogen and oxygen atoms in total. The Labute approximate surface area is 111 Å². The minimum atomic E-state index is -0.492. The topological polar surface area (TPSA) is 66.2 Å². The second-order valence-corrected chi connectivity index (χ2v) is 4.42. The van der Waals surface area contributed by atoms with Crippen LogP contribution in [0.4, 0.5) is 5.69 Å². The third-order valence-electron chi connectivity index (χ3n) is 3.06. The van der Waals surface area contributed by atoms with Gasteiger partial charge in [-0.25, -0.2) is 0 Å². The number of H-pyrrole nitrogens is 1. The average Bonchev–Trinajstić information content (AvgIpc) is 2.97. The third kappa shape index (κ3) is 2.54. The molecule has 0 fully saturated rings. The summed E-state index contributed by atoms with van der Waals surface area (Å²) in [5.74, 6) is 0.610. The molecule has 1 aliphatic heterocycles. The standard InChI is InChI=1S/C14H15N3O2/c18-14(17-8-10-5-6-15-7-10)13-9-16-11-3-1-2-4-12(11)19-13/h1-7,13,15-16H,8-9H2,(H,17,18). The molecule has 3 rings (SSSR count). The second-order valence-electron chi connectivity index (χ2n) is 4.42. The van der Waals surface area contributed by atoms with E-state index in [1.165, 1.54) is 0 Å². The molecule has 1 aromatic carbocycles. The molecule has 0 bridgehead atoms. The maximum Gasteiger partial charge on any atom is 0.263 e. The number of anilines is 1. The highest BCUT2D eigenvalue weighted by atomic mass is 16.5. The molecular weight excluding hydrogens is 242 g/mol. The smallest absolute Gasteiger partial charge is 0.263 e. The number of benzene rings is 1. The predicted molar refractivity (Wildman–Crippen MR) is 72.0 cm³/mol. The summed E-state index contributed by atoms with van der Waals surface area (Å²) in [5.41, 5.74) is 1.97. The molecule has 0 spiro atoms. The van der Waals surface area contributed by atoms with E-state index in [2.05, 4.69) is 15.6 Å². The van der Waals surface area contributed by atoms with Crippen LogP contribution in [0.25, 0.3) is 0 Å². The van der Waals surface area contributed by atoms with E-state index < -0.39 is 6.10 Å². The third-order valence-corrected chi connectivity index (χ3v) is 3.06. The van der Waals surface area contributed by atoms with Gasteiger partial charge in [-0.1, -0.05) is 12.1 Å². The molecule has 0 aliphatic carbocycles. The van der Waals surface area contributed by atoms with Gasteiger partial charge in [0.15, 0.2) is 6.10 Å². The summed E-state index contributed by atoms with van der Waals surface area (Å²) >= 11 is 0. The van der Waals surface area contributed by atoms with Crippen LogP contribution in [-0.4, -0.2) is 23.5 Å². The Morgan fingerprint density at radius 3 is 3.11 bits per heavy atom.